The molecule has 1 amide bonds. The third kappa shape index (κ3) is 6.22. The first-order valence-electron chi connectivity index (χ1n) is 13.1. The number of benzene rings is 2. The second-order valence-electron chi connectivity index (χ2n) is 10.9. The normalized spacial score (nSPS) is 14.9. The van der Waals surface area contributed by atoms with Gasteiger partial charge in [-0.3, -0.25) is 14.7 Å². The molecule has 0 aliphatic carbocycles. The van der Waals surface area contributed by atoms with Gasteiger partial charge in [0.2, 0.25) is 5.82 Å². The van der Waals surface area contributed by atoms with Crippen LogP contribution in [0.4, 0.5) is 13.2 Å². The van der Waals surface area contributed by atoms with Gasteiger partial charge < -0.3 is 9.42 Å². The number of alkyl halides is 3. The highest BCUT2D eigenvalue weighted by Gasteiger charge is 2.30. The molecule has 0 spiro atoms. The van der Waals surface area contributed by atoms with Gasteiger partial charge in [0.25, 0.3) is 11.8 Å². The predicted molar refractivity (Wildman–Crippen MR) is 144 cm³/mol. The van der Waals surface area contributed by atoms with Gasteiger partial charge in [-0.25, -0.2) is 0 Å². The molecule has 2 aromatic carbocycles. The Morgan fingerprint density at radius 2 is 1.52 bits per heavy atom. The molecule has 0 atom stereocenters. The average molecular weight is 550 g/mol. The van der Waals surface area contributed by atoms with Crippen LogP contribution >= 0.6 is 0 Å². The number of nitrogens with zero attached hydrogens (tertiary/aromatic N) is 5. The number of amides is 1. The smallest absolute Gasteiger partial charge is 0.336 e. The summed E-state index contributed by atoms with van der Waals surface area (Å²) >= 11 is 0. The summed E-state index contributed by atoms with van der Waals surface area (Å²) in [5, 5.41) is 3.85. The molecule has 0 saturated carbocycles. The van der Waals surface area contributed by atoms with E-state index in [2.05, 4.69) is 65.1 Å². The van der Waals surface area contributed by atoms with Crippen LogP contribution in [0.2, 0.25) is 0 Å². The van der Waals surface area contributed by atoms with E-state index in [1.165, 1.54) is 29.5 Å². The molecule has 4 aromatic rings. The van der Waals surface area contributed by atoms with E-state index in [0.717, 1.165) is 31.8 Å². The fraction of sp³-hybridized carbons (Fsp3) is 0.333. The topological polar surface area (TPSA) is 75.4 Å². The summed E-state index contributed by atoms with van der Waals surface area (Å²) in [6.45, 7) is 10.3. The van der Waals surface area contributed by atoms with Crippen molar-refractivity contribution in [2.24, 2.45) is 0 Å². The molecule has 1 aliphatic rings. The first-order valence-corrected chi connectivity index (χ1v) is 13.1. The molecule has 0 bridgehead atoms. The Hall–Kier alpha value is -4.05. The monoisotopic (exact) mass is 549 g/mol. The van der Waals surface area contributed by atoms with Crippen LogP contribution in [0, 0.1) is 0 Å². The van der Waals surface area contributed by atoms with Crippen LogP contribution in [-0.4, -0.2) is 57.0 Å². The maximum atomic E-state index is 13.1. The van der Waals surface area contributed by atoms with Crippen molar-refractivity contribution in [3.63, 3.8) is 0 Å². The van der Waals surface area contributed by atoms with E-state index < -0.39 is 11.7 Å². The summed E-state index contributed by atoms with van der Waals surface area (Å²) in [7, 11) is 0. The van der Waals surface area contributed by atoms with Gasteiger partial charge in [0.1, 0.15) is 5.69 Å². The zero-order valence-corrected chi connectivity index (χ0v) is 22.6. The Morgan fingerprint density at radius 3 is 2.10 bits per heavy atom. The first-order chi connectivity index (χ1) is 19.0. The Morgan fingerprint density at radius 1 is 0.875 bits per heavy atom. The van der Waals surface area contributed by atoms with E-state index in [9.17, 15) is 18.0 Å². The van der Waals surface area contributed by atoms with E-state index in [1.807, 2.05) is 4.90 Å². The van der Waals surface area contributed by atoms with Crippen molar-refractivity contribution >= 4 is 5.91 Å². The molecular formula is C30H30F3N5O2. The van der Waals surface area contributed by atoms with Crippen molar-refractivity contribution in [1.29, 1.82) is 0 Å². The number of piperazine rings is 1. The van der Waals surface area contributed by atoms with E-state index in [0.29, 0.717) is 29.9 Å². The Labute approximate surface area is 230 Å². The fourth-order valence-electron chi connectivity index (χ4n) is 4.56. The standard InChI is InChI=1S/C30H30F3N5O2/c1-29(2,3)23-9-4-20(5-10-23)19-37-14-16-38(17-15-37)28(39)22-8-13-25(34-18-22)27-35-26(36-40-27)21-6-11-24(12-7-21)30(31,32)33/h4-13,18H,14-17,19H2,1-3H3. The number of hydrogen-bond donors (Lipinski definition) is 0. The molecule has 5 rings (SSSR count). The van der Waals surface area contributed by atoms with Crippen molar-refractivity contribution in [1.82, 2.24) is 24.9 Å². The number of rotatable bonds is 5. The van der Waals surface area contributed by atoms with Gasteiger partial charge in [-0.2, -0.15) is 18.2 Å². The van der Waals surface area contributed by atoms with Crippen LogP contribution in [0.25, 0.3) is 23.0 Å². The van der Waals surface area contributed by atoms with Crippen LogP contribution in [0.5, 0.6) is 0 Å². The highest BCUT2D eigenvalue weighted by atomic mass is 19.4. The molecular weight excluding hydrogens is 519 g/mol. The second kappa shape index (κ2) is 10.8. The van der Waals surface area contributed by atoms with Gasteiger partial charge in [0, 0.05) is 44.5 Å². The van der Waals surface area contributed by atoms with E-state index in [1.54, 1.807) is 12.1 Å². The maximum Gasteiger partial charge on any atom is 0.416 e. The third-order valence-electron chi connectivity index (χ3n) is 7.01. The largest absolute Gasteiger partial charge is 0.416 e. The number of pyridine rings is 1. The zero-order valence-electron chi connectivity index (χ0n) is 22.6. The predicted octanol–water partition coefficient (Wildman–Crippen LogP) is 6.07. The van der Waals surface area contributed by atoms with Crippen molar-refractivity contribution in [2.75, 3.05) is 26.2 Å². The number of aromatic nitrogens is 3. The van der Waals surface area contributed by atoms with Crippen LogP contribution in [-0.2, 0) is 18.1 Å². The number of halogens is 3. The molecule has 208 valence electrons. The summed E-state index contributed by atoms with van der Waals surface area (Å²) in [4.78, 5) is 25.8. The average Bonchev–Trinajstić information content (AvgIpc) is 3.43. The number of carbonyl (C=O) groups excluding carboxylic acids is 1. The van der Waals surface area contributed by atoms with Crippen molar-refractivity contribution in [2.45, 2.75) is 38.9 Å². The minimum atomic E-state index is -4.42. The summed E-state index contributed by atoms with van der Waals surface area (Å²) in [6.07, 6.45) is -2.95. The van der Waals surface area contributed by atoms with E-state index in [-0.39, 0.29) is 23.0 Å². The van der Waals surface area contributed by atoms with Crippen molar-refractivity contribution in [3.8, 4) is 23.0 Å². The van der Waals surface area contributed by atoms with Crippen molar-refractivity contribution < 1.29 is 22.5 Å². The summed E-state index contributed by atoms with van der Waals surface area (Å²) in [5.74, 6) is 0.163. The van der Waals surface area contributed by atoms with Gasteiger partial charge in [0.05, 0.1) is 11.1 Å². The summed E-state index contributed by atoms with van der Waals surface area (Å²) < 4.78 is 43.7. The van der Waals surface area contributed by atoms with Crippen LogP contribution < -0.4 is 0 Å². The van der Waals surface area contributed by atoms with Gasteiger partial charge >= 0.3 is 6.18 Å². The van der Waals surface area contributed by atoms with Crippen molar-refractivity contribution in [3.05, 3.63) is 89.1 Å². The van der Waals surface area contributed by atoms with E-state index in [4.69, 9.17) is 4.52 Å². The quantitative estimate of drug-likeness (QED) is 0.301. The Kier molecular flexibility index (Phi) is 7.46. The lowest BCUT2D eigenvalue weighted by atomic mass is 9.87. The lowest BCUT2D eigenvalue weighted by Gasteiger charge is -2.34. The molecule has 0 N–H and O–H groups in total. The highest BCUT2D eigenvalue weighted by Crippen LogP contribution is 2.31. The maximum absolute atomic E-state index is 13.1. The molecule has 1 saturated heterocycles. The molecule has 2 aromatic heterocycles. The molecule has 40 heavy (non-hydrogen) atoms. The lowest BCUT2D eigenvalue weighted by molar-refractivity contribution is -0.137. The van der Waals surface area contributed by atoms with Gasteiger partial charge in [-0.15, -0.1) is 0 Å². The minimum Gasteiger partial charge on any atom is -0.336 e. The SMILES string of the molecule is CC(C)(C)c1ccc(CN2CCN(C(=O)c3ccc(-c4nc(-c5ccc(C(F)(F)F)cc5)no4)nc3)CC2)cc1. The Bertz CT molecular complexity index is 1450. The molecule has 3 heterocycles. The molecule has 0 unspecified atom stereocenters. The van der Waals surface area contributed by atoms with Gasteiger partial charge in [-0.1, -0.05) is 62.3 Å². The van der Waals surface area contributed by atoms with Gasteiger partial charge in [0.15, 0.2) is 0 Å². The highest BCUT2D eigenvalue weighted by molar-refractivity contribution is 5.94. The van der Waals surface area contributed by atoms with Crippen LogP contribution in [0.15, 0.2) is 71.4 Å². The van der Waals surface area contributed by atoms with Crippen LogP contribution in [0.3, 0.4) is 0 Å². The molecule has 0 radical (unpaired) electrons. The minimum absolute atomic E-state index is 0.0933. The third-order valence-corrected chi connectivity index (χ3v) is 7.01. The molecule has 1 aliphatic heterocycles. The first kappa shape index (κ1) is 27.5. The lowest BCUT2D eigenvalue weighted by Crippen LogP contribution is -2.48. The molecule has 10 heteroatoms. The summed E-state index contributed by atoms with van der Waals surface area (Å²) in [6, 6.07) is 16.5. The fourth-order valence-corrected chi connectivity index (χ4v) is 4.56. The molecule has 7 nitrogen and oxygen atoms in total. The van der Waals surface area contributed by atoms with Crippen LogP contribution in [0.1, 0.15) is 47.8 Å². The molecule has 1 fully saturated rings. The Balaban J connectivity index is 1.16. The van der Waals surface area contributed by atoms with E-state index >= 15 is 0 Å². The van der Waals surface area contributed by atoms with Gasteiger partial charge in [-0.05, 0) is 40.8 Å². The summed E-state index contributed by atoms with van der Waals surface area (Å²) in [5.41, 5.74) is 3.15. The number of hydrogen-bond acceptors (Lipinski definition) is 6. The number of carbonyl (C=O) groups is 1. The second-order valence-corrected chi connectivity index (χ2v) is 10.9. The zero-order chi connectivity index (χ0) is 28.5.